The fourth-order valence-electron chi connectivity index (χ4n) is 2.25. The van der Waals surface area contributed by atoms with Gasteiger partial charge in [0.1, 0.15) is 0 Å². The van der Waals surface area contributed by atoms with Crippen molar-refractivity contribution in [3.05, 3.63) is 29.3 Å². The molecule has 20 heavy (non-hydrogen) atoms. The van der Waals surface area contributed by atoms with Crippen molar-refractivity contribution in [1.82, 2.24) is 5.32 Å². The molecule has 1 aromatic carbocycles. The molecule has 4 nitrogen and oxygen atoms in total. The van der Waals surface area contributed by atoms with Crippen molar-refractivity contribution >= 4 is 25.6 Å². The fourth-order valence-corrected chi connectivity index (χ4v) is 3.47. The Hall–Kier alpha value is -1.07. The van der Waals surface area contributed by atoms with Crippen molar-refractivity contribution in [2.45, 2.75) is 32.1 Å². The molecule has 2 rings (SSSR count). The van der Waals surface area contributed by atoms with Gasteiger partial charge >= 0.3 is 0 Å². The van der Waals surface area contributed by atoms with Crippen LogP contribution in [0.25, 0.3) is 0 Å². The second kappa shape index (κ2) is 5.04. The highest BCUT2D eigenvalue weighted by Crippen LogP contribution is 2.50. The third kappa shape index (κ3) is 3.33. The molecule has 0 aliphatic heterocycles. The van der Waals surface area contributed by atoms with Crippen LogP contribution in [0.5, 0.6) is 0 Å². The number of amides is 1. The molecule has 0 bridgehead atoms. The zero-order chi connectivity index (χ0) is 15.1. The second-order valence-electron chi connectivity index (χ2n) is 6.02. The molecule has 1 saturated carbocycles. The topological polar surface area (TPSA) is 63.2 Å². The summed E-state index contributed by atoms with van der Waals surface area (Å²) in [5.74, 6) is 0.224. The van der Waals surface area contributed by atoms with Gasteiger partial charge in [0.2, 0.25) is 0 Å². The minimum absolute atomic E-state index is 0.0152. The van der Waals surface area contributed by atoms with Gasteiger partial charge in [-0.3, -0.25) is 4.79 Å². The smallest absolute Gasteiger partial charge is 0.261 e. The van der Waals surface area contributed by atoms with Crippen molar-refractivity contribution in [1.29, 1.82) is 0 Å². The van der Waals surface area contributed by atoms with E-state index >= 15 is 0 Å². The van der Waals surface area contributed by atoms with Gasteiger partial charge in [0.15, 0.2) is 0 Å². The van der Waals surface area contributed by atoms with E-state index in [1.165, 1.54) is 6.07 Å². The number of carbonyl (C=O) groups excluding carboxylic acids is 1. The summed E-state index contributed by atoms with van der Waals surface area (Å²) in [4.78, 5) is 12.0. The summed E-state index contributed by atoms with van der Waals surface area (Å²) in [5, 5.41) is 2.84. The normalized spacial score (nSPS) is 20.5. The molecule has 1 aliphatic carbocycles. The summed E-state index contributed by atoms with van der Waals surface area (Å²) >= 11 is 0. The number of halogens is 1. The summed E-state index contributed by atoms with van der Waals surface area (Å²) in [6.45, 7) is 6.58. The SMILES string of the molecule is Cc1ccc(C(=O)NCC2CC2(C)C)cc1S(=O)(=O)Cl. The van der Waals surface area contributed by atoms with Gasteiger partial charge in [-0.2, -0.15) is 0 Å². The summed E-state index contributed by atoms with van der Waals surface area (Å²) in [6, 6.07) is 4.52. The molecule has 0 spiro atoms. The Morgan fingerprint density at radius 3 is 2.55 bits per heavy atom. The highest BCUT2D eigenvalue weighted by molar-refractivity contribution is 8.13. The number of hydrogen-bond acceptors (Lipinski definition) is 3. The number of aryl methyl sites for hydroxylation is 1. The Labute approximate surface area is 123 Å². The monoisotopic (exact) mass is 315 g/mol. The number of carbonyl (C=O) groups is 1. The van der Waals surface area contributed by atoms with Crippen LogP contribution >= 0.6 is 10.7 Å². The van der Waals surface area contributed by atoms with Gasteiger partial charge in [0.05, 0.1) is 4.90 Å². The highest BCUT2D eigenvalue weighted by atomic mass is 35.7. The Bertz CT molecular complexity index is 652. The molecule has 1 aliphatic rings. The lowest BCUT2D eigenvalue weighted by atomic mass is 10.1. The van der Waals surface area contributed by atoms with Gasteiger partial charge in [-0.05, 0) is 42.4 Å². The first-order chi connectivity index (χ1) is 9.11. The molecule has 6 heteroatoms. The van der Waals surface area contributed by atoms with Crippen LogP contribution in [0.2, 0.25) is 0 Å². The molecule has 0 heterocycles. The molecule has 110 valence electrons. The van der Waals surface area contributed by atoms with Gasteiger partial charge < -0.3 is 5.32 Å². The maximum atomic E-state index is 12.0. The van der Waals surface area contributed by atoms with Gasteiger partial charge in [-0.25, -0.2) is 8.42 Å². The molecule has 1 N–H and O–H groups in total. The van der Waals surface area contributed by atoms with E-state index in [4.69, 9.17) is 10.7 Å². The Morgan fingerprint density at radius 2 is 2.05 bits per heavy atom. The van der Waals surface area contributed by atoms with Crippen molar-refractivity contribution < 1.29 is 13.2 Å². The molecule has 0 saturated heterocycles. The first kappa shape index (κ1) is 15.3. The van der Waals surface area contributed by atoms with Crippen LogP contribution in [0.4, 0.5) is 0 Å². The van der Waals surface area contributed by atoms with Crippen molar-refractivity contribution in [3.8, 4) is 0 Å². The zero-order valence-electron chi connectivity index (χ0n) is 11.7. The van der Waals surface area contributed by atoms with E-state index in [0.717, 1.165) is 6.42 Å². The molecule has 1 unspecified atom stereocenters. The molecule has 1 fully saturated rings. The van der Waals surface area contributed by atoms with E-state index in [2.05, 4.69) is 19.2 Å². The maximum Gasteiger partial charge on any atom is 0.261 e. The van der Waals surface area contributed by atoms with Crippen LogP contribution in [0.3, 0.4) is 0 Å². The molecule has 0 radical (unpaired) electrons. The van der Waals surface area contributed by atoms with E-state index < -0.39 is 9.05 Å². The summed E-state index contributed by atoms with van der Waals surface area (Å²) in [7, 11) is 1.52. The van der Waals surface area contributed by atoms with E-state index in [1.54, 1.807) is 19.1 Å². The van der Waals surface area contributed by atoms with E-state index in [-0.39, 0.29) is 10.8 Å². The summed E-state index contributed by atoms with van der Waals surface area (Å²) in [6.07, 6.45) is 1.10. The molecule has 1 aromatic rings. The van der Waals surface area contributed by atoms with Crippen LogP contribution in [0.1, 0.15) is 36.2 Å². The largest absolute Gasteiger partial charge is 0.352 e. The van der Waals surface area contributed by atoms with E-state index in [1.807, 2.05) is 0 Å². The first-order valence-electron chi connectivity index (χ1n) is 6.45. The average Bonchev–Trinajstić information content (AvgIpc) is 2.93. The van der Waals surface area contributed by atoms with E-state index in [9.17, 15) is 13.2 Å². The number of hydrogen-bond donors (Lipinski definition) is 1. The van der Waals surface area contributed by atoms with Gasteiger partial charge in [-0.1, -0.05) is 19.9 Å². The van der Waals surface area contributed by atoms with Gasteiger partial charge in [0.25, 0.3) is 15.0 Å². The fraction of sp³-hybridized carbons (Fsp3) is 0.500. The van der Waals surface area contributed by atoms with Crippen LogP contribution in [-0.2, 0) is 9.05 Å². The van der Waals surface area contributed by atoms with E-state index in [0.29, 0.717) is 29.0 Å². The minimum atomic E-state index is -3.83. The Kier molecular flexibility index (Phi) is 3.86. The molecular weight excluding hydrogens is 298 g/mol. The van der Waals surface area contributed by atoms with Crippen molar-refractivity contribution in [2.75, 3.05) is 6.54 Å². The van der Waals surface area contributed by atoms with Crippen LogP contribution in [-0.4, -0.2) is 20.9 Å². The first-order valence-corrected chi connectivity index (χ1v) is 8.76. The number of nitrogens with one attached hydrogen (secondary N) is 1. The molecule has 0 aromatic heterocycles. The predicted molar refractivity (Wildman–Crippen MR) is 78.4 cm³/mol. The number of benzene rings is 1. The lowest BCUT2D eigenvalue weighted by Crippen LogP contribution is -2.26. The molecule has 1 amide bonds. The maximum absolute atomic E-state index is 12.0. The van der Waals surface area contributed by atoms with Crippen LogP contribution < -0.4 is 5.32 Å². The Morgan fingerprint density at radius 1 is 1.45 bits per heavy atom. The third-order valence-electron chi connectivity index (χ3n) is 3.94. The van der Waals surface area contributed by atoms with Gasteiger partial charge in [-0.15, -0.1) is 0 Å². The van der Waals surface area contributed by atoms with Crippen molar-refractivity contribution in [2.24, 2.45) is 11.3 Å². The lowest BCUT2D eigenvalue weighted by Gasteiger charge is -2.08. The number of rotatable bonds is 4. The lowest BCUT2D eigenvalue weighted by molar-refractivity contribution is 0.0950. The zero-order valence-corrected chi connectivity index (χ0v) is 13.3. The predicted octanol–water partition coefficient (Wildman–Crippen LogP) is 2.70. The van der Waals surface area contributed by atoms with Crippen LogP contribution in [0.15, 0.2) is 23.1 Å². The van der Waals surface area contributed by atoms with Crippen LogP contribution in [0, 0.1) is 18.3 Å². The summed E-state index contributed by atoms with van der Waals surface area (Å²) < 4.78 is 22.8. The quantitative estimate of drug-likeness (QED) is 0.869. The highest BCUT2D eigenvalue weighted by Gasteiger charge is 2.45. The standard InChI is InChI=1S/C14H18ClNO3S/c1-9-4-5-10(6-12(9)20(15,18)19)13(17)16-8-11-7-14(11,2)3/h4-6,11H,7-8H2,1-3H3,(H,16,17). The Balaban J connectivity index is 2.11. The average molecular weight is 316 g/mol. The van der Waals surface area contributed by atoms with Gasteiger partial charge in [0, 0.05) is 22.8 Å². The molecule has 1 atom stereocenters. The third-order valence-corrected chi connectivity index (χ3v) is 5.40. The second-order valence-corrected chi connectivity index (χ2v) is 8.55. The minimum Gasteiger partial charge on any atom is -0.352 e. The van der Waals surface area contributed by atoms with Crippen molar-refractivity contribution in [3.63, 3.8) is 0 Å². The summed E-state index contributed by atoms with van der Waals surface area (Å²) in [5.41, 5.74) is 1.14. The molecular formula is C14H18ClNO3S.